The van der Waals surface area contributed by atoms with E-state index in [1.54, 1.807) is 7.05 Å². The first-order chi connectivity index (χ1) is 12.5. The van der Waals surface area contributed by atoms with Crippen molar-refractivity contribution in [3.63, 3.8) is 0 Å². The lowest BCUT2D eigenvalue weighted by atomic mass is 10.1. The number of nitrogens with zero attached hydrogens (tertiary/aromatic N) is 1. The Labute approximate surface area is 152 Å². The molecule has 0 spiro atoms. The Morgan fingerprint density at radius 1 is 1.08 bits per heavy atom. The molecule has 0 aliphatic heterocycles. The van der Waals surface area contributed by atoms with Gasteiger partial charge in [0.15, 0.2) is 6.10 Å². The Hall–Kier alpha value is -2.86. The molecule has 0 bridgehead atoms. The molecule has 0 aromatic heterocycles. The molecule has 2 amide bonds. The second-order valence-electron chi connectivity index (χ2n) is 6.51. The first-order valence-electron chi connectivity index (χ1n) is 8.64. The molecule has 1 unspecified atom stereocenters. The minimum absolute atomic E-state index is 0.408. The molecule has 1 aliphatic rings. The number of carbonyl (C=O) groups is 2. The molecule has 26 heavy (non-hydrogen) atoms. The maximum absolute atomic E-state index is 12.5. The van der Waals surface area contributed by atoms with Crippen LogP contribution in [-0.2, 0) is 9.53 Å². The second kappa shape index (κ2) is 7.58. The smallest absolute Gasteiger partial charge is 0.410 e. The zero-order chi connectivity index (χ0) is 18.7. The Morgan fingerprint density at radius 3 is 2.15 bits per heavy atom. The molecule has 136 valence electrons. The van der Waals surface area contributed by atoms with Crippen molar-refractivity contribution < 1.29 is 14.3 Å². The summed E-state index contributed by atoms with van der Waals surface area (Å²) < 4.78 is 5.80. The largest absolute Gasteiger partial charge is 0.436 e. The van der Waals surface area contributed by atoms with Crippen molar-refractivity contribution >= 4 is 12.0 Å². The van der Waals surface area contributed by atoms with Gasteiger partial charge in [-0.2, -0.15) is 0 Å². The molecular formula is C20H23N3O3. The van der Waals surface area contributed by atoms with E-state index in [4.69, 9.17) is 16.2 Å². The molecule has 6 heteroatoms. The fourth-order valence-electron chi connectivity index (χ4n) is 3.21. The van der Waals surface area contributed by atoms with E-state index in [9.17, 15) is 9.59 Å². The number of ether oxygens (including phenoxy) is 1. The average Bonchev–Trinajstić information content (AvgIpc) is 2.95. The SMILES string of the molecule is CN(CCCC(N)C(N)=O)C(=O)OC1c2ccccc2-c2ccccc21. The van der Waals surface area contributed by atoms with Gasteiger partial charge in [0.2, 0.25) is 5.91 Å². The summed E-state index contributed by atoms with van der Waals surface area (Å²) in [5.41, 5.74) is 14.9. The van der Waals surface area contributed by atoms with Gasteiger partial charge in [-0.25, -0.2) is 4.79 Å². The third-order valence-electron chi connectivity index (χ3n) is 4.68. The van der Waals surface area contributed by atoms with Gasteiger partial charge >= 0.3 is 6.09 Å². The number of nitrogens with two attached hydrogens (primary N) is 2. The molecular weight excluding hydrogens is 330 g/mol. The van der Waals surface area contributed by atoms with Gasteiger partial charge in [-0.3, -0.25) is 4.79 Å². The van der Waals surface area contributed by atoms with Crippen LogP contribution >= 0.6 is 0 Å². The molecule has 0 saturated heterocycles. The predicted molar refractivity (Wildman–Crippen MR) is 99.2 cm³/mol. The Morgan fingerprint density at radius 2 is 1.62 bits per heavy atom. The minimum atomic E-state index is -0.687. The van der Waals surface area contributed by atoms with E-state index in [2.05, 4.69) is 0 Å². The highest BCUT2D eigenvalue weighted by molar-refractivity contribution is 5.80. The van der Waals surface area contributed by atoms with Crippen LogP contribution in [0.1, 0.15) is 30.1 Å². The topological polar surface area (TPSA) is 98.6 Å². The van der Waals surface area contributed by atoms with Crippen molar-refractivity contribution in [3.8, 4) is 11.1 Å². The predicted octanol–water partition coefficient (Wildman–Crippen LogP) is 2.42. The van der Waals surface area contributed by atoms with E-state index in [-0.39, 0.29) is 0 Å². The normalized spacial score (nSPS) is 13.6. The highest BCUT2D eigenvalue weighted by atomic mass is 16.6. The highest BCUT2D eigenvalue weighted by Crippen LogP contribution is 2.45. The molecule has 0 heterocycles. The number of hydrogen-bond acceptors (Lipinski definition) is 4. The van der Waals surface area contributed by atoms with E-state index in [0.29, 0.717) is 19.4 Å². The van der Waals surface area contributed by atoms with E-state index in [0.717, 1.165) is 22.3 Å². The number of benzene rings is 2. The van der Waals surface area contributed by atoms with Crippen molar-refractivity contribution in [2.45, 2.75) is 25.0 Å². The van der Waals surface area contributed by atoms with Crippen LogP contribution in [0.15, 0.2) is 48.5 Å². The number of amides is 2. The van der Waals surface area contributed by atoms with Crippen LogP contribution in [0.5, 0.6) is 0 Å². The quantitative estimate of drug-likeness (QED) is 0.833. The first-order valence-corrected chi connectivity index (χ1v) is 8.64. The molecule has 4 N–H and O–H groups in total. The average molecular weight is 353 g/mol. The van der Waals surface area contributed by atoms with Gasteiger partial charge in [0.05, 0.1) is 6.04 Å². The summed E-state index contributed by atoms with van der Waals surface area (Å²) in [5.74, 6) is -0.533. The molecule has 0 saturated carbocycles. The number of hydrogen-bond donors (Lipinski definition) is 2. The number of carbonyl (C=O) groups excluding carboxylic acids is 2. The summed E-state index contributed by atoms with van der Waals surface area (Å²) in [7, 11) is 1.67. The lowest BCUT2D eigenvalue weighted by molar-refractivity contribution is -0.119. The van der Waals surface area contributed by atoms with Gasteiger partial charge in [0.1, 0.15) is 0 Å². The van der Waals surface area contributed by atoms with Crippen LogP contribution in [0.25, 0.3) is 11.1 Å². The summed E-state index contributed by atoms with van der Waals surface area (Å²) in [6.07, 6.45) is 0.190. The number of fused-ring (bicyclic) bond motifs is 3. The molecule has 2 aromatic carbocycles. The maximum atomic E-state index is 12.5. The van der Waals surface area contributed by atoms with Gasteiger partial charge in [0.25, 0.3) is 0 Å². The van der Waals surface area contributed by atoms with E-state index >= 15 is 0 Å². The fraction of sp³-hybridized carbons (Fsp3) is 0.300. The van der Waals surface area contributed by atoms with Crippen molar-refractivity contribution in [2.24, 2.45) is 11.5 Å². The van der Waals surface area contributed by atoms with Crippen molar-refractivity contribution in [1.29, 1.82) is 0 Å². The molecule has 2 aromatic rings. The summed E-state index contributed by atoms with van der Waals surface area (Å²) in [6, 6.07) is 15.2. The molecule has 0 fully saturated rings. The molecule has 3 rings (SSSR count). The number of primary amides is 1. The minimum Gasteiger partial charge on any atom is -0.436 e. The molecule has 6 nitrogen and oxygen atoms in total. The van der Waals surface area contributed by atoms with Gasteiger partial charge in [0, 0.05) is 24.7 Å². The van der Waals surface area contributed by atoms with Crippen molar-refractivity contribution in [3.05, 3.63) is 59.7 Å². The molecule has 1 aliphatic carbocycles. The van der Waals surface area contributed by atoms with Crippen LogP contribution in [0, 0.1) is 0 Å². The van der Waals surface area contributed by atoms with Crippen molar-refractivity contribution in [1.82, 2.24) is 4.90 Å². The monoisotopic (exact) mass is 353 g/mol. The summed E-state index contributed by atoms with van der Waals surface area (Å²) in [5, 5.41) is 0. The first kappa shape index (κ1) is 17.9. The van der Waals surface area contributed by atoms with Crippen LogP contribution in [0.2, 0.25) is 0 Å². The zero-order valence-corrected chi connectivity index (χ0v) is 14.7. The summed E-state index contributed by atoms with van der Waals surface area (Å²) in [4.78, 5) is 25.0. The third-order valence-corrected chi connectivity index (χ3v) is 4.68. The lowest BCUT2D eigenvalue weighted by Gasteiger charge is -2.21. The Balaban J connectivity index is 1.67. The standard InChI is InChI=1S/C20H23N3O3/c1-23(12-6-11-17(21)19(22)24)20(25)26-18-15-9-4-2-7-13(15)14-8-3-5-10-16(14)18/h2-5,7-10,17-18H,6,11-12,21H2,1H3,(H2,22,24). The van der Waals surface area contributed by atoms with Crippen LogP contribution < -0.4 is 11.5 Å². The van der Waals surface area contributed by atoms with Gasteiger partial charge in [-0.1, -0.05) is 48.5 Å². The number of rotatable bonds is 6. The lowest BCUT2D eigenvalue weighted by Crippen LogP contribution is -2.37. The molecule has 0 radical (unpaired) electrons. The highest BCUT2D eigenvalue weighted by Gasteiger charge is 2.31. The molecule has 1 atom stereocenters. The summed E-state index contributed by atoms with van der Waals surface area (Å²) >= 11 is 0. The van der Waals surface area contributed by atoms with Crippen LogP contribution in [-0.4, -0.2) is 36.5 Å². The van der Waals surface area contributed by atoms with Gasteiger partial charge in [-0.05, 0) is 24.0 Å². The zero-order valence-electron chi connectivity index (χ0n) is 14.7. The second-order valence-corrected chi connectivity index (χ2v) is 6.51. The van der Waals surface area contributed by atoms with E-state index < -0.39 is 24.1 Å². The van der Waals surface area contributed by atoms with Gasteiger partial charge < -0.3 is 21.1 Å². The van der Waals surface area contributed by atoms with E-state index in [1.807, 2.05) is 48.5 Å². The fourth-order valence-corrected chi connectivity index (χ4v) is 3.21. The van der Waals surface area contributed by atoms with Crippen LogP contribution in [0.3, 0.4) is 0 Å². The van der Waals surface area contributed by atoms with Gasteiger partial charge in [-0.15, -0.1) is 0 Å². The Bertz CT molecular complexity index is 776. The van der Waals surface area contributed by atoms with E-state index in [1.165, 1.54) is 4.90 Å². The third kappa shape index (κ3) is 3.55. The maximum Gasteiger partial charge on any atom is 0.410 e. The van der Waals surface area contributed by atoms with Crippen LogP contribution in [0.4, 0.5) is 4.79 Å². The Kier molecular flexibility index (Phi) is 5.23. The summed E-state index contributed by atoms with van der Waals surface area (Å²) in [6.45, 7) is 0.440. The van der Waals surface area contributed by atoms with Crippen molar-refractivity contribution in [2.75, 3.05) is 13.6 Å².